The first-order valence-corrected chi connectivity index (χ1v) is 6.75. The first kappa shape index (κ1) is 13.3. The predicted molar refractivity (Wildman–Crippen MR) is 59.3 cm³/mol. The molecular formula is C10H21O4P. The number of hydrogen-bond donors (Lipinski definition) is 2. The highest BCUT2D eigenvalue weighted by Crippen LogP contribution is 2.38. The Morgan fingerprint density at radius 3 is 2.60 bits per heavy atom. The molecule has 90 valence electrons. The zero-order valence-electron chi connectivity index (χ0n) is 9.26. The largest absolute Gasteiger partial charge is 0.396 e. The second-order valence-electron chi connectivity index (χ2n) is 4.19. The van der Waals surface area contributed by atoms with Crippen LogP contribution in [0.3, 0.4) is 0 Å². The molecular weight excluding hydrogens is 215 g/mol. The van der Waals surface area contributed by atoms with E-state index in [0.717, 1.165) is 12.8 Å². The van der Waals surface area contributed by atoms with Gasteiger partial charge in [-0.1, -0.05) is 26.2 Å². The summed E-state index contributed by atoms with van der Waals surface area (Å²) >= 11 is 0. The normalized spacial score (nSPS) is 22.6. The van der Waals surface area contributed by atoms with Crippen LogP contribution in [0.1, 0.15) is 39.0 Å². The van der Waals surface area contributed by atoms with Crippen LogP contribution in [-0.2, 0) is 9.05 Å². The van der Waals surface area contributed by atoms with Crippen LogP contribution in [0.5, 0.6) is 0 Å². The zero-order chi connectivity index (χ0) is 11.1. The summed E-state index contributed by atoms with van der Waals surface area (Å²) in [5.74, 6) is 0.0529. The van der Waals surface area contributed by atoms with Gasteiger partial charge in [0.15, 0.2) is 0 Å². The first-order valence-electron chi connectivity index (χ1n) is 5.62. The van der Waals surface area contributed by atoms with Crippen LogP contribution < -0.4 is 0 Å². The molecule has 1 fully saturated rings. The molecule has 2 atom stereocenters. The minimum Gasteiger partial charge on any atom is -0.396 e. The molecule has 4 nitrogen and oxygen atoms in total. The highest BCUT2D eigenvalue weighted by Gasteiger charge is 2.19. The molecule has 5 heteroatoms. The lowest BCUT2D eigenvalue weighted by Crippen LogP contribution is -2.15. The second-order valence-corrected chi connectivity index (χ2v) is 5.13. The van der Waals surface area contributed by atoms with E-state index in [1.807, 2.05) is 6.92 Å². The van der Waals surface area contributed by atoms with Crippen LogP contribution in [0.2, 0.25) is 0 Å². The number of rotatable bonds is 6. The zero-order valence-corrected chi connectivity index (χ0v) is 10.2. The molecule has 0 heterocycles. The Morgan fingerprint density at radius 2 is 2.00 bits per heavy atom. The van der Waals surface area contributed by atoms with Crippen molar-refractivity contribution in [2.75, 3.05) is 13.2 Å². The lowest BCUT2D eigenvalue weighted by molar-refractivity contribution is 0.0987. The molecule has 0 bridgehead atoms. The van der Waals surface area contributed by atoms with E-state index in [1.165, 1.54) is 19.3 Å². The lowest BCUT2D eigenvalue weighted by atomic mass is 9.98. The molecule has 0 saturated heterocycles. The van der Waals surface area contributed by atoms with Gasteiger partial charge in [0, 0.05) is 12.5 Å². The van der Waals surface area contributed by atoms with Crippen LogP contribution >= 0.6 is 8.60 Å². The van der Waals surface area contributed by atoms with Crippen molar-refractivity contribution in [1.29, 1.82) is 0 Å². The Balaban J connectivity index is 2.08. The van der Waals surface area contributed by atoms with Crippen molar-refractivity contribution in [3.05, 3.63) is 0 Å². The topological polar surface area (TPSA) is 58.9 Å². The van der Waals surface area contributed by atoms with E-state index in [0.29, 0.717) is 6.61 Å². The van der Waals surface area contributed by atoms with Gasteiger partial charge in [0.1, 0.15) is 0 Å². The summed E-state index contributed by atoms with van der Waals surface area (Å²) in [5.41, 5.74) is 0. The first-order chi connectivity index (χ1) is 7.22. The third kappa shape index (κ3) is 5.79. The molecule has 0 aliphatic heterocycles. The fourth-order valence-corrected chi connectivity index (χ4v) is 2.48. The van der Waals surface area contributed by atoms with E-state index in [-0.39, 0.29) is 18.6 Å². The molecule has 2 unspecified atom stereocenters. The van der Waals surface area contributed by atoms with Crippen molar-refractivity contribution in [2.24, 2.45) is 5.92 Å². The third-order valence-electron chi connectivity index (χ3n) is 2.57. The van der Waals surface area contributed by atoms with Gasteiger partial charge in [-0.15, -0.1) is 0 Å². The summed E-state index contributed by atoms with van der Waals surface area (Å²) in [6.45, 7) is 2.29. The minimum absolute atomic E-state index is 0.0529. The smallest absolute Gasteiger partial charge is 0.330 e. The van der Waals surface area contributed by atoms with Gasteiger partial charge in [-0.2, -0.15) is 0 Å². The maximum atomic E-state index is 9.48. The van der Waals surface area contributed by atoms with E-state index >= 15 is 0 Å². The molecule has 1 aliphatic rings. The van der Waals surface area contributed by atoms with Gasteiger partial charge in [0.05, 0.1) is 12.7 Å². The van der Waals surface area contributed by atoms with Crippen molar-refractivity contribution in [2.45, 2.75) is 45.1 Å². The maximum Gasteiger partial charge on any atom is 0.330 e. The molecule has 0 aromatic heterocycles. The lowest BCUT2D eigenvalue weighted by Gasteiger charge is -2.23. The Labute approximate surface area is 92.6 Å². The van der Waals surface area contributed by atoms with Crippen LogP contribution in [0.4, 0.5) is 0 Å². The molecule has 1 saturated carbocycles. The molecule has 0 spiro atoms. The second kappa shape index (κ2) is 7.53. The summed E-state index contributed by atoms with van der Waals surface area (Å²) in [4.78, 5) is 9.48. The predicted octanol–water partition coefficient (Wildman–Crippen LogP) is 2.20. The quantitative estimate of drug-likeness (QED) is 0.694. The number of aliphatic hydroxyl groups is 1. The van der Waals surface area contributed by atoms with Crippen LogP contribution in [0.15, 0.2) is 0 Å². The number of aliphatic hydroxyl groups excluding tert-OH is 1. The number of hydrogen-bond acceptors (Lipinski definition) is 4. The summed E-state index contributed by atoms with van der Waals surface area (Å²) in [7, 11) is -1.75. The average molecular weight is 236 g/mol. The maximum absolute atomic E-state index is 9.48. The molecule has 0 aromatic carbocycles. The van der Waals surface area contributed by atoms with Gasteiger partial charge in [-0.3, -0.25) is 0 Å². The van der Waals surface area contributed by atoms with Gasteiger partial charge < -0.3 is 19.0 Å². The summed E-state index contributed by atoms with van der Waals surface area (Å²) in [5, 5.41) is 8.77. The van der Waals surface area contributed by atoms with E-state index in [4.69, 9.17) is 14.2 Å². The van der Waals surface area contributed by atoms with Crippen LogP contribution in [-0.4, -0.2) is 29.3 Å². The standard InChI is InChI=1S/C10H21O4P/c1-9(7-11)8-13-15(12)14-10-5-3-2-4-6-10/h9-12H,2-8H2,1H3. The summed E-state index contributed by atoms with van der Waals surface area (Å²) in [6.07, 6.45) is 5.85. The summed E-state index contributed by atoms with van der Waals surface area (Å²) in [6, 6.07) is 0. The van der Waals surface area contributed by atoms with Gasteiger partial charge in [-0.05, 0) is 12.8 Å². The average Bonchev–Trinajstić information content (AvgIpc) is 2.27. The molecule has 0 amide bonds. The van der Waals surface area contributed by atoms with Crippen LogP contribution in [0.25, 0.3) is 0 Å². The molecule has 0 aromatic rings. The van der Waals surface area contributed by atoms with Crippen molar-refractivity contribution in [3.63, 3.8) is 0 Å². The van der Waals surface area contributed by atoms with Crippen molar-refractivity contribution in [1.82, 2.24) is 0 Å². The molecule has 1 aliphatic carbocycles. The molecule has 2 N–H and O–H groups in total. The summed E-state index contributed by atoms with van der Waals surface area (Å²) < 4.78 is 10.5. The van der Waals surface area contributed by atoms with Gasteiger partial charge in [0.25, 0.3) is 0 Å². The third-order valence-corrected chi connectivity index (χ3v) is 3.42. The van der Waals surface area contributed by atoms with E-state index in [1.54, 1.807) is 0 Å². The fraction of sp³-hybridized carbons (Fsp3) is 1.00. The highest BCUT2D eigenvalue weighted by atomic mass is 31.2. The Hall–Kier alpha value is 0.270. The van der Waals surface area contributed by atoms with E-state index < -0.39 is 8.60 Å². The van der Waals surface area contributed by atoms with E-state index in [2.05, 4.69) is 0 Å². The van der Waals surface area contributed by atoms with Crippen molar-refractivity contribution >= 4 is 8.60 Å². The SMILES string of the molecule is CC(CO)COP(O)OC1CCCCC1. The molecule has 1 rings (SSSR count). The highest BCUT2D eigenvalue weighted by molar-refractivity contribution is 7.40. The van der Waals surface area contributed by atoms with Crippen LogP contribution in [0, 0.1) is 5.92 Å². The Morgan fingerprint density at radius 1 is 1.33 bits per heavy atom. The molecule has 0 radical (unpaired) electrons. The minimum atomic E-state index is -1.75. The van der Waals surface area contributed by atoms with Gasteiger partial charge in [0.2, 0.25) is 0 Å². The van der Waals surface area contributed by atoms with Crippen molar-refractivity contribution < 1.29 is 19.0 Å². The van der Waals surface area contributed by atoms with Crippen molar-refractivity contribution in [3.8, 4) is 0 Å². The van der Waals surface area contributed by atoms with E-state index in [9.17, 15) is 4.89 Å². The van der Waals surface area contributed by atoms with Gasteiger partial charge in [-0.25, -0.2) is 0 Å². The monoisotopic (exact) mass is 236 g/mol. The fourth-order valence-electron chi connectivity index (χ4n) is 1.57. The molecule has 15 heavy (non-hydrogen) atoms. The Bertz CT molecular complexity index is 162. The van der Waals surface area contributed by atoms with Gasteiger partial charge >= 0.3 is 8.60 Å². The Kier molecular flexibility index (Phi) is 6.69.